The lowest BCUT2D eigenvalue weighted by Gasteiger charge is -2.34. The van der Waals surface area contributed by atoms with Crippen molar-refractivity contribution in [3.05, 3.63) is 34.6 Å². The maximum absolute atomic E-state index is 13.6. The number of hydrogen-bond acceptors (Lipinski definition) is 2. The third-order valence-corrected chi connectivity index (χ3v) is 4.71. The average molecular weight is 269 g/mol. The Kier molecular flexibility index (Phi) is 3.31. The minimum atomic E-state index is -0.350. The highest BCUT2D eigenvalue weighted by Gasteiger charge is 2.40. The Hall–Kier alpha value is -0.640. The molecular weight excluding hydrogens is 251 g/mol. The molecule has 3 unspecified atom stereocenters. The summed E-state index contributed by atoms with van der Waals surface area (Å²) in [4.78, 5) is 2.46. The normalized spacial score (nSPS) is 28.8. The zero-order chi connectivity index (χ0) is 12.7. The fourth-order valence-electron chi connectivity index (χ4n) is 3.53. The molecule has 1 saturated heterocycles. The van der Waals surface area contributed by atoms with Gasteiger partial charge in [-0.3, -0.25) is 4.90 Å². The summed E-state index contributed by atoms with van der Waals surface area (Å²) >= 11 is 5.73. The van der Waals surface area contributed by atoms with Crippen LogP contribution < -0.4 is 5.73 Å². The van der Waals surface area contributed by atoms with Gasteiger partial charge in [-0.1, -0.05) is 17.7 Å². The van der Waals surface area contributed by atoms with Crippen LogP contribution in [0, 0.1) is 11.7 Å². The maximum atomic E-state index is 13.6. The molecule has 0 amide bonds. The van der Waals surface area contributed by atoms with Crippen LogP contribution >= 0.6 is 11.6 Å². The predicted molar refractivity (Wildman–Crippen MR) is 71.0 cm³/mol. The van der Waals surface area contributed by atoms with Crippen molar-refractivity contribution in [1.29, 1.82) is 0 Å². The molecule has 98 valence electrons. The van der Waals surface area contributed by atoms with Crippen molar-refractivity contribution in [2.75, 3.05) is 13.1 Å². The van der Waals surface area contributed by atoms with Gasteiger partial charge in [-0.15, -0.1) is 0 Å². The number of halogens is 2. The van der Waals surface area contributed by atoms with E-state index in [1.165, 1.54) is 25.3 Å². The van der Waals surface area contributed by atoms with E-state index in [1.807, 2.05) is 6.07 Å². The van der Waals surface area contributed by atoms with E-state index in [0.29, 0.717) is 12.6 Å². The molecule has 4 heteroatoms. The molecule has 2 fully saturated rings. The van der Waals surface area contributed by atoms with Gasteiger partial charge in [0.2, 0.25) is 0 Å². The first-order valence-corrected chi connectivity index (χ1v) is 6.97. The minimum absolute atomic E-state index is 0.132. The minimum Gasteiger partial charge on any atom is -0.329 e. The summed E-state index contributed by atoms with van der Waals surface area (Å²) in [5.41, 5.74) is 6.86. The first-order chi connectivity index (χ1) is 8.69. The van der Waals surface area contributed by atoms with Gasteiger partial charge in [0.15, 0.2) is 0 Å². The van der Waals surface area contributed by atoms with Crippen molar-refractivity contribution >= 4 is 11.6 Å². The lowest BCUT2D eigenvalue weighted by Crippen LogP contribution is -2.39. The summed E-state index contributed by atoms with van der Waals surface area (Å²) in [5, 5.41) is 0.178. The highest BCUT2D eigenvalue weighted by atomic mass is 35.5. The van der Waals surface area contributed by atoms with Crippen molar-refractivity contribution in [3.63, 3.8) is 0 Å². The molecule has 1 saturated carbocycles. The first kappa shape index (κ1) is 12.4. The third kappa shape index (κ3) is 2.04. The standard InChI is InChI=1S/C14H18ClFN2/c15-12-4-2-10(6-13(12)16)14(7-17)18-8-9-1-3-11(18)5-9/h2,4,6,9,11,14H,1,3,5,7-8,17H2. The van der Waals surface area contributed by atoms with E-state index in [4.69, 9.17) is 17.3 Å². The van der Waals surface area contributed by atoms with Crippen LogP contribution in [0.5, 0.6) is 0 Å². The predicted octanol–water partition coefficient (Wildman–Crippen LogP) is 2.96. The van der Waals surface area contributed by atoms with Gasteiger partial charge in [0.25, 0.3) is 0 Å². The van der Waals surface area contributed by atoms with E-state index in [2.05, 4.69) is 4.90 Å². The molecule has 1 aromatic rings. The molecule has 2 bridgehead atoms. The molecule has 0 aromatic heterocycles. The Labute approximate surface area is 112 Å². The quantitative estimate of drug-likeness (QED) is 0.913. The molecule has 3 atom stereocenters. The molecular formula is C14H18ClFN2. The Bertz CT molecular complexity index is 451. The number of piperidine rings is 1. The molecule has 1 aliphatic heterocycles. The highest BCUT2D eigenvalue weighted by Crippen LogP contribution is 2.41. The average Bonchev–Trinajstić information content (AvgIpc) is 2.97. The Morgan fingerprint density at radius 1 is 1.44 bits per heavy atom. The second-order valence-corrected chi connectivity index (χ2v) is 5.86. The number of hydrogen-bond donors (Lipinski definition) is 1. The number of fused-ring (bicyclic) bond motifs is 2. The van der Waals surface area contributed by atoms with E-state index < -0.39 is 0 Å². The van der Waals surface area contributed by atoms with Gasteiger partial charge in [-0.2, -0.15) is 0 Å². The van der Waals surface area contributed by atoms with E-state index >= 15 is 0 Å². The van der Waals surface area contributed by atoms with E-state index in [-0.39, 0.29) is 16.9 Å². The SMILES string of the molecule is NCC(c1ccc(Cl)c(F)c1)N1CC2CCC1C2. The van der Waals surface area contributed by atoms with Crippen LogP contribution in [0.3, 0.4) is 0 Å². The molecule has 2 N–H and O–H groups in total. The van der Waals surface area contributed by atoms with Crippen LogP contribution in [0.2, 0.25) is 5.02 Å². The number of likely N-dealkylation sites (tertiary alicyclic amines) is 1. The molecule has 0 radical (unpaired) electrons. The number of nitrogens with two attached hydrogens (primary N) is 1. The van der Waals surface area contributed by atoms with E-state index in [1.54, 1.807) is 6.07 Å². The van der Waals surface area contributed by atoms with Crippen molar-refractivity contribution < 1.29 is 4.39 Å². The van der Waals surface area contributed by atoms with Gasteiger partial charge in [0.05, 0.1) is 5.02 Å². The van der Waals surface area contributed by atoms with Crippen molar-refractivity contribution in [3.8, 4) is 0 Å². The largest absolute Gasteiger partial charge is 0.329 e. The van der Waals surface area contributed by atoms with Crippen molar-refractivity contribution in [2.45, 2.75) is 31.3 Å². The Balaban J connectivity index is 1.85. The molecule has 2 nitrogen and oxygen atoms in total. The number of benzene rings is 1. The molecule has 0 spiro atoms. The fourth-order valence-corrected chi connectivity index (χ4v) is 3.64. The summed E-state index contributed by atoms with van der Waals surface area (Å²) in [6.45, 7) is 1.64. The second-order valence-electron chi connectivity index (χ2n) is 5.45. The van der Waals surface area contributed by atoms with E-state index in [0.717, 1.165) is 18.0 Å². The van der Waals surface area contributed by atoms with Crippen molar-refractivity contribution in [1.82, 2.24) is 4.90 Å². The highest BCUT2D eigenvalue weighted by molar-refractivity contribution is 6.30. The summed E-state index contributed by atoms with van der Waals surface area (Å²) < 4.78 is 13.6. The maximum Gasteiger partial charge on any atom is 0.142 e. The smallest absolute Gasteiger partial charge is 0.142 e. The Morgan fingerprint density at radius 2 is 2.28 bits per heavy atom. The molecule has 1 aliphatic carbocycles. The topological polar surface area (TPSA) is 29.3 Å². The van der Waals surface area contributed by atoms with Crippen LogP contribution in [0.25, 0.3) is 0 Å². The summed E-state index contributed by atoms with van der Waals surface area (Å²) in [7, 11) is 0. The summed E-state index contributed by atoms with van der Waals surface area (Å²) in [6, 6.07) is 5.83. The van der Waals surface area contributed by atoms with Gasteiger partial charge in [-0.05, 0) is 42.9 Å². The zero-order valence-corrected chi connectivity index (χ0v) is 11.0. The van der Waals surface area contributed by atoms with Gasteiger partial charge in [0, 0.05) is 25.2 Å². The lowest BCUT2D eigenvalue weighted by atomic mass is 10.0. The summed E-state index contributed by atoms with van der Waals surface area (Å²) in [5.74, 6) is 0.471. The van der Waals surface area contributed by atoms with Gasteiger partial charge in [-0.25, -0.2) is 4.39 Å². The fraction of sp³-hybridized carbons (Fsp3) is 0.571. The van der Waals surface area contributed by atoms with Gasteiger partial charge < -0.3 is 5.73 Å². The van der Waals surface area contributed by atoms with Crippen LogP contribution in [-0.2, 0) is 0 Å². The molecule has 3 rings (SSSR count). The molecule has 2 aliphatic rings. The number of nitrogens with zero attached hydrogens (tertiary/aromatic N) is 1. The van der Waals surface area contributed by atoms with Crippen molar-refractivity contribution in [2.24, 2.45) is 11.7 Å². The molecule has 1 heterocycles. The van der Waals surface area contributed by atoms with Gasteiger partial charge in [0.1, 0.15) is 5.82 Å². The van der Waals surface area contributed by atoms with Crippen LogP contribution in [0.15, 0.2) is 18.2 Å². The van der Waals surface area contributed by atoms with Crippen LogP contribution in [0.1, 0.15) is 30.9 Å². The zero-order valence-electron chi connectivity index (χ0n) is 10.3. The Morgan fingerprint density at radius 3 is 2.83 bits per heavy atom. The van der Waals surface area contributed by atoms with Gasteiger partial charge >= 0.3 is 0 Å². The van der Waals surface area contributed by atoms with E-state index in [9.17, 15) is 4.39 Å². The third-order valence-electron chi connectivity index (χ3n) is 4.40. The monoisotopic (exact) mass is 268 g/mol. The first-order valence-electron chi connectivity index (χ1n) is 6.60. The molecule has 1 aromatic carbocycles. The summed E-state index contributed by atoms with van der Waals surface area (Å²) in [6.07, 6.45) is 3.89. The number of rotatable bonds is 3. The van der Waals surface area contributed by atoms with Crippen LogP contribution in [0.4, 0.5) is 4.39 Å². The van der Waals surface area contributed by atoms with Crippen LogP contribution in [-0.4, -0.2) is 24.0 Å². The lowest BCUT2D eigenvalue weighted by molar-refractivity contribution is 0.153. The molecule has 18 heavy (non-hydrogen) atoms. The second kappa shape index (κ2) is 4.80.